The zero-order valence-corrected chi connectivity index (χ0v) is 23.8. The number of methoxy groups -OCH3 is 4. The number of carbonyl (C=O) groups is 1. The van der Waals surface area contributed by atoms with Gasteiger partial charge in [-0.3, -0.25) is 4.79 Å². The highest BCUT2D eigenvalue weighted by Crippen LogP contribution is 2.32. The van der Waals surface area contributed by atoms with Gasteiger partial charge in [0, 0.05) is 13.1 Å². The van der Waals surface area contributed by atoms with Gasteiger partial charge in [0.1, 0.15) is 0 Å². The Morgan fingerprint density at radius 2 is 1.41 bits per heavy atom. The van der Waals surface area contributed by atoms with Gasteiger partial charge in [-0.1, -0.05) is 12.5 Å². The molecule has 0 atom stereocenters. The summed E-state index contributed by atoms with van der Waals surface area (Å²) in [5.41, 5.74) is 3.50. The number of rotatable bonds is 14. The van der Waals surface area contributed by atoms with E-state index in [2.05, 4.69) is 24.1 Å². The van der Waals surface area contributed by atoms with Crippen molar-refractivity contribution >= 4 is 18.3 Å². The summed E-state index contributed by atoms with van der Waals surface area (Å²) >= 11 is 0. The standard InChI is InChI=1S/C29H42N2O5.ClH/c1-30(14-8-6-7-10-22-11-12-25(33-2)26(18-22)34-3)15-9-16-31-17-13-23-19-27(35-4)28(36-5)20-24(23)21-29(31)32;/h11-12,18-20H,6-10,13-17,21H2,1-5H3;1H. The third-order valence-corrected chi connectivity index (χ3v) is 6.97. The number of carbonyl (C=O) groups excluding carboxylic acids is 1. The number of hydrogen-bond donors (Lipinski definition) is 0. The molecule has 0 aliphatic carbocycles. The molecule has 1 heterocycles. The summed E-state index contributed by atoms with van der Waals surface area (Å²) < 4.78 is 21.6. The summed E-state index contributed by atoms with van der Waals surface area (Å²) in [4.78, 5) is 17.3. The minimum Gasteiger partial charge on any atom is -0.493 e. The molecule has 0 spiro atoms. The summed E-state index contributed by atoms with van der Waals surface area (Å²) in [5, 5.41) is 0. The van der Waals surface area contributed by atoms with Crippen molar-refractivity contribution in [2.45, 2.75) is 44.9 Å². The van der Waals surface area contributed by atoms with Crippen LogP contribution in [0.4, 0.5) is 0 Å². The number of halogens is 1. The number of ether oxygens (including phenoxy) is 4. The van der Waals surface area contributed by atoms with Crippen LogP contribution in [0.25, 0.3) is 0 Å². The van der Waals surface area contributed by atoms with Crippen molar-refractivity contribution in [1.29, 1.82) is 0 Å². The second kappa shape index (κ2) is 15.6. The lowest BCUT2D eigenvalue weighted by atomic mass is 10.0. The van der Waals surface area contributed by atoms with Crippen LogP contribution in [-0.4, -0.2) is 77.4 Å². The van der Waals surface area contributed by atoms with E-state index in [0.717, 1.165) is 74.7 Å². The Morgan fingerprint density at radius 3 is 2.08 bits per heavy atom. The number of hydrogen-bond acceptors (Lipinski definition) is 6. The van der Waals surface area contributed by atoms with Crippen LogP contribution >= 0.6 is 12.4 Å². The van der Waals surface area contributed by atoms with Crippen molar-refractivity contribution < 1.29 is 23.7 Å². The van der Waals surface area contributed by atoms with E-state index in [4.69, 9.17) is 18.9 Å². The molecule has 0 saturated heterocycles. The van der Waals surface area contributed by atoms with E-state index < -0.39 is 0 Å². The third-order valence-electron chi connectivity index (χ3n) is 6.97. The number of fused-ring (bicyclic) bond motifs is 1. The Morgan fingerprint density at radius 1 is 0.784 bits per heavy atom. The van der Waals surface area contributed by atoms with E-state index in [1.807, 2.05) is 23.1 Å². The molecule has 0 N–H and O–H groups in total. The number of unbranched alkanes of at least 4 members (excludes halogenated alkanes) is 2. The van der Waals surface area contributed by atoms with Crippen LogP contribution in [0.5, 0.6) is 23.0 Å². The number of aryl methyl sites for hydroxylation is 1. The Balaban J connectivity index is 0.00000481. The van der Waals surface area contributed by atoms with E-state index in [-0.39, 0.29) is 18.3 Å². The average molecular weight is 535 g/mol. The van der Waals surface area contributed by atoms with Crippen LogP contribution < -0.4 is 18.9 Å². The molecular weight excluding hydrogens is 492 g/mol. The maximum absolute atomic E-state index is 12.9. The van der Waals surface area contributed by atoms with Gasteiger partial charge in [0.25, 0.3) is 0 Å². The summed E-state index contributed by atoms with van der Waals surface area (Å²) in [7, 11) is 8.78. The van der Waals surface area contributed by atoms with Crippen LogP contribution in [0.1, 0.15) is 42.4 Å². The second-order valence-corrected chi connectivity index (χ2v) is 9.44. The summed E-state index contributed by atoms with van der Waals surface area (Å²) in [6.07, 6.45) is 6.81. The molecule has 8 heteroatoms. The molecule has 37 heavy (non-hydrogen) atoms. The first-order valence-corrected chi connectivity index (χ1v) is 12.9. The van der Waals surface area contributed by atoms with E-state index >= 15 is 0 Å². The van der Waals surface area contributed by atoms with Crippen molar-refractivity contribution in [2.24, 2.45) is 0 Å². The molecule has 2 aromatic carbocycles. The predicted octanol–water partition coefficient (Wildman–Crippen LogP) is 4.80. The fraction of sp³-hybridized carbons (Fsp3) is 0.552. The second-order valence-electron chi connectivity index (χ2n) is 9.44. The zero-order chi connectivity index (χ0) is 25.9. The normalized spacial score (nSPS) is 13.0. The molecule has 1 amide bonds. The van der Waals surface area contributed by atoms with Gasteiger partial charge in [-0.05, 0) is 93.2 Å². The zero-order valence-electron chi connectivity index (χ0n) is 23.0. The average Bonchev–Trinajstić information content (AvgIpc) is 3.04. The molecule has 1 aliphatic rings. The van der Waals surface area contributed by atoms with E-state index in [0.29, 0.717) is 12.2 Å². The molecule has 3 rings (SSSR count). The lowest BCUT2D eigenvalue weighted by Crippen LogP contribution is -2.35. The molecule has 0 radical (unpaired) electrons. The third kappa shape index (κ3) is 8.71. The van der Waals surface area contributed by atoms with Gasteiger partial charge in [0.2, 0.25) is 5.91 Å². The molecule has 0 bridgehead atoms. The van der Waals surface area contributed by atoms with Crippen LogP contribution in [0.3, 0.4) is 0 Å². The van der Waals surface area contributed by atoms with Gasteiger partial charge in [-0.2, -0.15) is 0 Å². The number of amides is 1. The quantitative estimate of drug-likeness (QED) is 0.324. The van der Waals surface area contributed by atoms with E-state index in [1.165, 1.54) is 24.0 Å². The maximum atomic E-state index is 12.9. The van der Waals surface area contributed by atoms with Crippen molar-refractivity contribution in [3.8, 4) is 23.0 Å². The number of nitrogens with zero attached hydrogens (tertiary/aromatic N) is 2. The van der Waals surface area contributed by atoms with Crippen LogP contribution in [0.15, 0.2) is 30.3 Å². The lowest BCUT2D eigenvalue weighted by Gasteiger charge is -2.22. The Kier molecular flexibility index (Phi) is 12.9. The van der Waals surface area contributed by atoms with Gasteiger partial charge >= 0.3 is 0 Å². The first-order chi connectivity index (χ1) is 17.5. The van der Waals surface area contributed by atoms with Gasteiger partial charge in [0.05, 0.1) is 34.9 Å². The highest BCUT2D eigenvalue weighted by molar-refractivity contribution is 5.85. The largest absolute Gasteiger partial charge is 0.493 e. The fourth-order valence-electron chi connectivity index (χ4n) is 4.82. The summed E-state index contributed by atoms with van der Waals surface area (Å²) in [6, 6.07) is 10.1. The van der Waals surface area contributed by atoms with E-state index in [9.17, 15) is 4.79 Å². The Labute approximate surface area is 228 Å². The van der Waals surface area contributed by atoms with Crippen molar-refractivity contribution in [3.05, 3.63) is 47.0 Å². The van der Waals surface area contributed by atoms with Crippen LogP contribution in [0.2, 0.25) is 0 Å². The monoisotopic (exact) mass is 534 g/mol. The first kappa shape index (κ1) is 30.6. The Bertz CT molecular complexity index is 1000. The van der Waals surface area contributed by atoms with Gasteiger partial charge < -0.3 is 28.7 Å². The van der Waals surface area contributed by atoms with Gasteiger partial charge in [0.15, 0.2) is 23.0 Å². The first-order valence-electron chi connectivity index (χ1n) is 12.9. The predicted molar refractivity (Wildman–Crippen MR) is 150 cm³/mol. The minimum absolute atomic E-state index is 0. The molecule has 1 aliphatic heterocycles. The molecule has 0 aromatic heterocycles. The smallest absolute Gasteiger partial charge is 0.227 e. The summed E-state index contributed by atoms with van der Waals surface area (Å²) in [5.74, 6) is 3.17. The molecule has 0 saturated carbocycles. The molecule has 0 unspecified atom stereocenters. The highest BCUT2D eigenvalue weighted by atomic mass is 35.5. The number of benzene rings is 2. The maximum Gasteiger partial charge on any atom is 0.227 e. The van der Waals surface area contributed by atoms with Gasteiger partial charge in [-0.15, -0.1) is 12.4 Å². The molecule has 7 nitrogen and oxygen atoms in total. The topological polar surface area (TPSA) is 60.5 Å². The molecule has 2 aromatic rings. The van der Waals surface area contributed by atoms with Crippen molar-refractivity contribution in [3.63, 3.8) is 0 Å². The lowest BCUT2D eigenvalue weighted by molar-refractivity contribution is -0.130. The van der Waals surface area contributed by atoms with Crippen molar-refractivity contribution in [1.82, 2.24) is 9.80 Å². The molecular formula is C29H43ClN2O5. The summed E-state index contributed by atoms with van der Waals surface area (Å²) in [6.45, 7) is 3.62. The highest BCUT2D eigenvalue weighted by Gasteiger charge is 2.22. The Hall–Kier alpha value is -2.64. The van der Waals surface area contributed by atoms with Crippen LogP contribution in [0, 0.1) is 0 Å². The van der Waals surface area contributed by atoms with E-state index in [1.54, 1.807) is 28.4 Å². The van der Waals surface area contributed by atoms with Crippen LogP contribution in [-0.2, 0) is 24.1 Å². The molecule has 0 fully saturated rings. The SMILES string of the molecule is COc1ccc(CCCCCN(C)CCCN2CCc3cc(OC)c(OC)cc3CC2=O)cc1OC.Cl. The fourth-order valence-corrected chi connectivity index (χ4v) is 4.82. The minimum atomic E-state index is 0. The molecule has 206 valence electrons. The van der Waals surface area contributed by atoms with Crippen molar-refractivity contribution in [2.75, 3.05) is 61.7 Å². The van der Waals surface area contributed by atoms with Gasteiger partial charge in [-0.25, -0.2) is 0 Å².